The number of carbonyl (C=O) groups excluding carboxylic acids is 1. The molecular formula is C17H23N3O2S. The number of nitrogens with zero attached hydrogens (tertiary/aromatic N) is 2. The molecule has 0 bridgehead atoms. The van der Waals surface area contributed by atoms with Gasteiger partial charge in [-0.1, -0.05) is 18.2 Å². The summed E-state index contributed by atoms with van der Waals surface area (Å²) in [5.41, 5.74) is 3.55. The van der Waals surface area contributed by atoms with Crippen LogP contribution in [0.5, 0.6) is 0 Å². The predicted molar refractivity (Wildman–Crippen MR) is 94.4 cm³/mol. The van der Waals surface area contributed by atoms with Crippen LogP contribution < -0.4 is 5.32 Å². The highest BCUT2D eigenvalue weighted by Crippen LogP contribution is 2.17. The van der Waals surface area contributed by atoms with Crippen LogP contribution >= 0.6 is 11.8 Å². The summed E-state index contributed by atoms with van der Waals surface area (Å²) in [6.07, 6.45) is 2.41. The minimum absolute atomic E-state index is 0.0925. The predicted octanol–water partition coefficient (Wildman–Crippen LogP) is 2.33. The lowest BCUT2D eigenvalue weighted by Gasteiger charge is -2.09. The van der Waals surface area contributed by atoms with Crippen molar-refractivity contribution in [2.24, 2.45) is 0 Å². The largest absolute Gasteiger partial charge is 0.396 e. The maximum absolute atomic E-state index is 12.3. The van der Waals surface area contributed by atoms with Crippen molar-refractivity contribution in [3.63, 3.8) is 0 Å². The van der Waals surface area contributed by atoms with E-state index in [9.17, 15) is 4.79 Å². The molecule has 1 heterocycles. The average Bonchev–Trinajstić information content (AvgIpc) is 2.92. The van der Waals surface area contributed by atoms with Gasteiger partial charge in [-0.2, -0.15) is 16.9 Å². The number of nitrogens with one attached hydrogen (secondary N) is 1. The Hall–Kier alpha value is -1.79. The number of aromatic nitrogens is 2. The van der Waals surface area contributed by atoms with Crippen LogP contribution in [0.2, 0.25) is 0 Å². The van der Waals surface area contributed by atoms with E-state index in [-0.39, 0.29) is 12.5 Å². The van der Waals surface area contributed by atoms with E-state index in [4.69, 9.17) is 5.11 Å². The quantitative estimate of drug-likeness (QED) is 0.728. The molecule has 1 aromatic heterocycles. The molecule has 23 heavy (non-hydrogen) atoms. The van der Waals surface area contributed by atoms with Crippen molar-refractivity contribution >= 4 is 17.7 Å². The second kappa shape index (κ2) is 8.74. The number of aliphatic hydroxyl groups is 1. The molecule has 1 amide bonds. The van der Waals surface area contributed by atoms with Gasteiger partial charge in [-0.15, -0.1) is 0 Å². The molecular weight excluding hydrogens is 310 g/mol. The zero-order valence-corrected chi connectivity index (χ0v) is 14.4. The highest BCUT2D eigenvalue weighted by atomic mass is 32.2. The summed E-state index contributed by atoms with van der Waals surface area (Å²) in [5.74, 6) is 1.66. The standard InChI is InChI=1S/C17H23N3O2S/c1-13-6-3-4-7-16(13)20-14(2)15(12-19-20)17(22)18-8-11-23-10-5-9-21/h3-4,6-7,12,21H,5,8-11H2,1-2H3,(H,18,22). The molecule has 5 nitrogen and oxygen atoms in total. The van der Waals surface area contributed by atoms with E-state index < -0.39 is 0 Å². The summed E-state index contributed by atoms with van der Waals surface area (Å²) < 4.78 is 1.81. The monoisotopic (exact) mass is 333 g/mol. The van der Waals surface area contributed by atoms with Crippen molar-refractivity contribution in [2.45, 2.75) is 20.3 Å². The number of aryl methyl sites for hydroxylation is 1. The summed E-state index contributed by atoms with van der Waals surface area (Å²) in [6, 6.07) is 7.97. The summed E-state index contributed by atoms with van der Waals surface area (Å²) in [7, 11) is 0. The molecule has 2 N–H and O–H groups in total. The number of aliphatic hydroxyl groups excluding tert-OH is 1. The Labute approximate surface area is 141 Å². The fourth-order valence-electron chi connectivity index (χ4n) is 2.28. The number of benzene rings is 1. The first-order valence-electron chi connectivity index (χ1n) is 7.72. The zero-order valence-electron chi connectivity index (χ0n) is 13.6. The molecule has 0 saturated heterocycles. The number of rotatable bonds is 8. The molecule has 0 fully saturated rings. The van der Waals surface area contributed by atoms with Gasteiger partial charge in [0.1, 0.15) is 0 Å². The van der Waals surface area contributed by atoms with Crippen LogP contribution in [-0.2, 0) is 0 Å². The normalized spacial score (nSPS) is 10.7. The zero-order chi connectivity index (χ0) is 16.7. The van der Waals surface area contributed by atoms with Crippen molar-refractivity contribution < 1.29 is 9.90 Å². The minimum atomic E-state index is -0.0925. The van der Waals surface area contributed by atoms with E-state index in [1.165, 1.54) is 0 Å². The van der Waals surface area contributed by atoms with Gasteiger partial charge in [-0.25, -0.2) is 4.68 Å². The third kappa shape index (κ3) is 4.59. The van der Waals surface area contributed by atoms with Crippen LogP contribution in [0.4, 0.5) is 0 Å². The molecule has 6 heteroatoms. The Kier molecular flexibility index (Phi) is 6.67. The smallest absolute Gasteiger partial charge is 0.254 e. The third-order valence-corrected chi connectivity index (χ3v) is 4.65. The molecule has 0 aliphatic carbocycles. The van der Waals surface area contributed by atoms with Crippen LogP contribution in [0.1, 0.15) is 28.0 Å². The molecule has 0 unspecified atom stereocenters. The molecule has 0 aliphatic heterocycles. The van der Waals surface area contributed by atoms with Crippen molar-refractivity contribution in [2.75, 3.05) is 24.7 Å². The molecule has 2 rings (SSSR count). The van der Waals surface area contributed by atoms with Gasteiger partial charge in [-0.3, -0.25) is 4.79 Å². The highest BCUT2D eigenvalue weighted by molar-refractivity contribution is 7.99. The number of thioether (sulfide) groups is 1. The lowest BCUT2D eigenvalue weighted by Crippen LogP contribution is -2.26. The lowest BCUT2D eigenvalue weighted by atomic mass is 10.2. The first-order chi connectivity index (χ1) is 11.1. The van der Waals surface area contributed by atoms with Gasteiger partial charge in [0.05, 0.1) is 23.1 Å². The van der Waals surface area contributed by atoms with E-state index >= 15 is 0 Å². The number of hydrogen-bond donors (Lipinski definition) is 2. The fourth-order valence-corrected chi connectivity index (χ4v) is 3.06. The fraction of sp³-hybridized carbons (Fsp3) is 0.412. The van der Waals surface area contributed by atoms with Crippen LogP contribution in [0.3, 0.4) is 0 Å². The van der Waals surface area contributed by atoms with Crippen LogP contribution in [0.25, 0.3) is 5.69 Å². The Morgan fingerprint density at radius 1 is 1.30 bits per heavy atom. The molecule has 124 valence electrons. The summed E-state index contributed by atoms with van der Waals surface area (Å²) in [6.45, 7) is 4.77. The number of carbonyl (C=O) groups is 1. The Balaban J connectivity index is 1.96. The molecule has 2 aromatic rings. The number of para-hydroxylation sites is 1. The van der Waals surface area contributed by atoms with Crippen LogP contribution in [0.15, 0.2) is 30.5 Å². The topological polar surface area (TPSA) is 67.2 Å². The number of amides is 1. The maximum atomic E-state index is 12.3. The van der Waals surface area contributed by atoms with Gasteiger partial charge in [0, 0.05) is 18.9 Å². The summed E-state index contributed by atoms with van der Waals surface area (Å²) in [4.78, 5) is 12.3. The maximum Gasteiger partial charge on any atom is 0.254 e. The van der Waals surface area contributed by atoms with Gasteiger partial charge in [-0.05, 0) is 37.7 Å². The van der Waals surface area contributed by atoms with Crippen LogP contribution in [-0.4, -0.2) is 45.5 Å². The van der Waals surface area contributed by atoms with E-state index in [1.54, 1.807) is 22.6 Å². The van der Waals surface area contributed by atoms with E-state index in [2.05, 4.69) is 10.4 Å². The average molecular weight is 333 g/mol. The summed E-state index contributed by atoms with van der Waals surface area (Å²) in [5, 5.41) is 16.0. The van der Waals surface area contributed by atoms with Gasteiger partial charge in [0.15, 0.2) is 0 Å². The van der Waals surface area contributed by atoms with E-state index in [0.29, 0.717) is 12.1 Å². The molecule has 0 aliphatic rings. The van der Waals surface area contributed by atoms with Crippen molar-refractivity contribution in [1.82, 2.24) is 15.1 Å². The number of hydrogen-bond acceptors (Lipinski definition) is 4. The minimum Gasteiger partial charge on any atom is -0.396 e. The Morgan fingerprint density at radius 2 is 2.09 bits per heavy atom. The third-order valence-electron chi connectivity index (χ3n) is 3.58. The molecule has 0 spiro atoms. The molecule has 0 saturated carbocycles. The second-order valence-electron chi connectivity index (χ2n) is 5.29. The molecule has 0 radical (unpaired) electrons. The molecule has 1 aromatic carbocycles. The molecule has 0 atom stereocenters. The van der Waals surface area contributed by atoms with Crippen molar-refractivity contribution in [3.8, 4) is 5.69 Å². The van der Waals surface area contributed by atoms with Gasteiger partial charge in [0.2, 0.25) is 0 Å². The highest BCUT2D eigenvalue weighted by Gasteiger charge is 2.15. The van der Waals surface area contributed by atoms with Gasteiger partial charge >= 0.3 is 0 Å². The second-order valence-corrected chi connectivity index (χ2v) is 6.51. The lowest BCUT2D eigenvalue weighted by molar-refractivity contribution is 0.0955. The Bertz CT molecular complexity index is 655. The van der Waals surface area contributed by atoms with E-state index in [0.717, 1.165) is 34.9 Å². The Morgan fingerprint density at radius 3 is 2.83 bits per heavy atom. The first kappa shape index (κ1) is 17.6. The van der Waals surface area contributed by atoms with E-state index in [1.807, 2.05) is 38.1 Å². The van der Waals surface area contributed by atoms with Gasteiger partial charge in [0.25, 0.3) is 5.91 Å². The van der Waals surface area contributed by atoms with Crippen molar-refractivity contribution in [1.29, 1.82) is 0 Å². The van der Waals surface area contributed by atoms with Gasteiger partial charge < -0.3 is 10.4 Å². The first-order valence-corrected chi connectivity index (χ1v) is 8.88. The van der Waals surface area contributed by atoms with Crippen LogP contribution in [0, 0.1) is 13.8 Å². The SMILES string of the molecule is Cc1ccccc1-n1ncc(C(=O)NCCSCCCO)c1C. The van der Waals surface area contributed by atoms with Crippen molar-refractivity contribution in [3.05, 3.63) is 47.3 Å². The summed E-state index contributed by atoms with van der Waals surface area (Å²) >= 11 is 1.73.